The summed E-state index contributed by atoms with van der Waals surface area (Å²) in [5.41, 5.74) is 8.91. The van der Waals surface area contributed by atoms with E-state index in [-0.39, 0.29) is 5.91 Å². The third-order valence-electron chi connectivity index (χ3n) is 4.68. The average molecular weight is 374 g/mol. The van der Waals surface area contributed by atoms with Gasteiger partial charge in [0.2, 0.25) is 11.8 Å². The summed E-state index contributed by atoms with van der Waals surface area (Å²) in [4.78, 5) is 23.5. The first kappa shape index (κ1) is 17.7. The molecule has 6 heteroatoms. The summed E-state index contributed by atoms with van der Waals surface area (Å²) in [6.45, 7) is 1.87. The largest absolute Gasteiger partial charge is 0.366 e. The minimum Gasteiger partial charge on any atom is -0.366 e. The molecule has 5 nitrogen and oxygen atoms in total. The Balaban J connectivity index is 1.99. The molecule has 0 fully saturated rings. The summed E-state index contributed by atoms with van der Waals surface area (Å²) in [6, 6.07) is 18.4. The molecule has 0 aliphatic rings. The van der Waals surface area contributed by atoms with Gasteiger partial charge in [-0.1, -0.05) is 24.3 Å². The van der Waals surface area contributed by atoms with Gasteiger partial charge in [0.05, 0.1) is 17.6 Å². The SMILES string of the molecule is CC(=O)Nc1ccccc1Cn1c2ccc(F)[c]c2c2c(C(N)=O)cccc21. The molecule has 3 N–H and O–H groups in total. The Morgan fingerprint density at radius 2 is 1.86 bits per heavy atom. The Kier molecular flexibility index (Phi) is 4.31. The summed E-state index contributed by atoms with van der Waals surface area (Å²) >= 11 is 0. The number of hydrogen-bond donors (Lipinski definition) is 2. The highest BCUT2D eigenvalue weighted by Gasteiger charge is 2.18. The normalized spacial score (nSPS) is 11.1. The molecule has 1 radical (unpaired) electrons. The number of aromatic nitrogens is 1. The number of nitrogens with one attached hydrogen (secondary N) is 1. The molecule has 1 heterocycles. The van der Waals surface area contributed by atoms with Gasteiger partial charge >= 0.3 is 0 Å². The first-order valence-electron chi connectivity index (χ1n) is 8.73. The van der Waals surface area contributed by atoms with E-state index >= 15 is 0 Å². The van der Waals surface area contributed by atoms with Crippen LogP contribution in [-0.2, 0) is 11.3 Å². The van der Waals surface area contributed by atoms with Crippen LogP contribution in [0.4, 0.5) is 10.1 Å². The number of carbonyl (C=O) groups excluding carboxylic acids is 2. The minimum atomic E-state index is -0.582. The van der Waals surface area contributed by atoms with Crippen LogP contribution in [-0.4, -0.2) is 16.4 Å². The molecule has 28 heavy (non-hydrogen) atoms. The molecule has 0 unspecified atom stereocenters. The molecular formula is C22H17FN3O2. The van der Waals surface area contributed by atoms with Crippen LogP contribution in [0.5, 0.6) is 0 Å². The van der Waals surface area contributed by atoms with E-state index in [1.807, 2.05) is 34.9 Å². The highest BCUT2D eigenvalue weighted by Crippen LogP contribution is 2.33. The third kappa shape index (κ3) is 2.99. The van der Waals surface area contributed by atoms with E-state index in [1.54, 1.807) is 18.2 Å². The number of anilines is 1. The third-order valence-corrected chi connectivity index (χ3v) is 4.68. The van der Waals surface area contributed by atoms with Crippen LogP contribution in [0.15, 0.2) is 54.6 Å². The van der Waals surface area contributed by atoms with Gasteiger partial charge in [-0.15, -0.1) is 0 Å². The van der Waals surface area contributed by atoms with Crippen molar-refractivity contribution in [2.45, 2.75) is 13.5 Å². The fourth-order valence-corrected chi connectivity index (χ4v) is 3.55. The maximum Gasteiger partial charge on any atom is 0.249 e. The first-order valence-corrected chi connectivity index (χ1v) is 8.73. The van der Waals surface area contributed by atoms with Crippen molar-refractivity contribution in [1.29, 1.82) is 0 Å². The lowest BCUT2D eigenvalue weighted by atomic mass is 10.1. The second-order valence-corrected chi connectivity index (χ2v) is 6.55. The van der Waals surface area contributed by atoms with Gasteiger partial charge in [-0.3, -0.25) is 9.59 Å². The van der Waals surface area contributed by atoms with E-state index < -0.39 is 11.7 Å². The van der Waals surface area contributed by atoms with Crippen LogP contribution < -0.4 is 11.1 Å². The Bertz CT molecular complexity index is 1240. The molecule has 0 spiro atoms. The Morgan fingerprint density at radius 1 is 1.07 bits per heavy atom. The molecule has 0 aliphatic carbocycles. The number of nitrogens with zero attached hydrogens (tertiary/aromatic N) is 1. The van der Waals surface area contributed by atoms with Crippen molar-refractivity contribution in [3.63, 3.8) is 0 Å². The molecule has 4 rings (SSSR count). The van der Waals surface area contributed by atoms with E-state index in [9.17, 15) is 14.0 Å². The van der Waals surface area contributed by atoms with Crippen molar-refractivity contribution in [1.82, 2.24) is 4.57 Å². The fourth-order valence-electron chi connectivity index (χ4n) is 3.55. The van der Waals surface area contributed by atoms with Gasteiger partial charge in [0, 0.05) is 35.0 Å². The second-order valence-electron chi connectivity index (χ2n) is 6.55. The van der Waals surface area contributed by atoms with E-state index in [0.29, 0.717) is 28.6 Å². The molecule has 0 atom stereocenters. The van der Waals surface area contributed by atoms with Gasteiger partial charge < -0.3 is 15.6 Å². The molecule has 3 aromatic carbocycles. The summed E-state index contributed by atoms with van der Waals surface area (Å²) in [5, 5.41) is 3.90. The number of rotatable bonds is 4. The lowest BCUT2D eigenvalue weighted by Crippen LogP contribution is -2.11. The van der Waals surface area contributed by atoms with Gasteiger partial charge in [0.25, 0.3) is 0 Å². The van der Waals surface area contributed by atoms with Crippen molar-refractivity contribution >= 4 is 39.3 Å². The zero-order chi connectivity index (χ0) is 19.8. The van der Waals surface area contributed by atoms with Crippen molar-refractivity contribution in [3.05, 3.63) is 77.6 Å². The van der Waals surface area contributed by atoms with Crippen LogP contribution in [0.3, 0.4) is 0 Å². The van der Waals surface area contributed by atoms with Crippen LogP contribution in [0.25, 0.3) is 21.8 Å². The van der Waals surface area contributed by atoms with Crippen LogP contribution in [0, 0.1) is 11.9 Å². The molecule has 0 saturated heterocycles. The zero-order valence-electron chi connectivity index (χ0n) is 15.1. The summed E-state index contributed by atoms with van der Waals surface area (Å²) in [7, 11) is 0. The predicted octanol–water partition coefficient (Wildman–Crippen LogP) is 3.84. The van der Waals surface area contributed by atoms with Gasteiger partial charge in [0.15, 0.2) is 0 Å². The van der Waals surface area contributed by atoms with Crippen molar-refractivity contribution in [3.8, 4) is 0 Å². The molecule has 0 bridgehead atoms. The van der Waals surface area contributed by atoms with E-state index in [0.717, 1.165) is 16.6 Å². The maximum atomic E-state index is 13.9. The highest BCUT2D eigenvalue weighted by atomic mass is 19.1. The predicted molar refractivity (Wildman–Crippen MR) is 107 cm³/mol. The van der Waals surface area contributed by atoms with E-state index in [4.69, 9.17) is 5.73 Å². The number of para-hydroxylation sites is 1. The van der Waals surface area contributed by atoms with Gasteiger partial charge in [-0.2, -0.15) is 0 Å². The standard InChI is InChI=1S/C22H17FN3O2/c1-13(27)25-18-7-3-2-5-14(18)12-26-19-10-9-15(23)11-17(19)21-16(22(24)28)6-4-8-20(21)26/h2-10H,12H2,1H3,(H2,24,28)(H,25,27). The van der Waals surface area contributed by atoms with Gasteiger partial charge in [-0.25, -0.2) is 4.39 Å². The topological polar surface area (TPSA) is 77.1 Å². The minimum absolute atomic E-state index is 0.166. The molecule has 1 aromatic heterocycles. The number of amides is 2. The van der Waals surface area contributed by atoms with Crippen LogP contribution >= 0.6 is 0 Å². The van der Waals surface area contributed by atoms with Crippen LogP contribution in [0.2, 0.25) is 0 Å². The monoisotopic (exact) mass is 374 g/mol. The number of hydrogen-bond acceptors (Lipinski definition) is 2. The number of fused-ring (bicyclic) bond motifs is 3. The fraction of sp³-hybridized carbons (Fsp3) is 0.0909. The molecule has 2 amide bonds. The Morgan fingerprint density at radius 3 is 2.61 bits per heavy atom. The lowest BCUT2D eigenvalue weighted by molar-refractivity contribution is -0.114. The average Bonchev–Trinajstić information content (AvgIpc) is 2.96. The van der Waals surface area contributed by atoms with E-state index in [2.05, 4.69) is 11.4 Å². The number of primary amides is 1. The molecule has 139 valence electrons. The number of nitrogens with two attached hydrogens (primary N) is 1. The maximum absolute atomic E-state index is 13.9. The van der Waals surface area contributed by atoms with Crippen molar-refractivity contribution in [2.75, 3.05) is 5.32 Å². The summed E-state index contributed by atoms with van der Waals surface area (Å²) in [5.74, 6) is -1.26. The van der Waals surface area contributed by atoms with E-state index in [1.165, 1.54) is 13.0 Å². The second kappa shape index (κ2) is 6.81. The Hall–Kier alpha value is -3.67. The zero-order valence-corrected chi connectivity index (χ0v) is 15.1. The van der Waals surface area contributed by atoms with Gasteiger partial charge in [0.1, 0.15) is 5.82 Å². The van der Waals surface area contributed by atoms with Crippen molar-refractivity contribution in [2.24, 2.45) is 5.73 Å². The van der Waals surface area contributed by atoms with Crippen LogP contribution in [0.1, 0.15) is 22.8 Å². The molecule has 4 aromatic rings. The summed E-state index contributed by atoms with van der Waals surface area (Å²) in [6.07, 6.45) is 0. The molecular weight excluding hydrogens is 357 g/mol. The number of halogens is 1. The molecule has 0 saturated carbocycles. The summed E-state index contributed by atoms with van der Waals surface area (Å²) < 4.78 is 15.9. The number of carbonyl (C=O) groups is 2. The quantitative estimate of drug-likeness (QED) is 0.569. The van der Waals surface area contributed by atoms with Gasteiger partial charge in [-0.05, 0) is 35.9 Å². The number of benzene rings is 3. The highest BCUT2D eigenvalue weighted by molar-refractivity contribution is 6.17. The smallest absolute Gasteiger partial charge is 0.249 e. The first-order chi connectivity index (χ1) is 13.5. The Labute approximate surface area is 160 Å². The lowest BCUT2D eigenvalue weighted by Gasteiger charge is -2.13. The molecule has 0 aliphatic heterocycles. The van der Waals surface area contributed by atoms with Crippen molar-refractivity contribution < 1.29 is 14.0 Å².